The van der Waals surface area contributed by atoms with Gasteiger partial charge in [-0.05, 0) is 49.4 Å². The first-order chi connectivity index (χ1) is 14.9. The van der Waals surface area contributed by atoms with Crippen molar-refractivity contribution in [2.75, 3.05) is 18.0 Å². The predicted octanol–water partition coefficient (Wildman–Crippen LogP) is 4.07. The maximum absolute atomic E-state index is 12.9. The highest BCUT2D eigenvalue weighted by atomic mass is 32.2. The molecular weight excluding hydrogens is 412 g/mol. The number of carbonyl (C=O) groups excluding carboxylic acids is 1. The molecule has 3 aromatic carbocycles. The highest BCUT2D eigenvalue weighted by Crippen LogP contribution is 2.32. The van der Waals surface area contributed by atoms with Gasteiger partial charge in [0.2, 0.25) is 0 Å². The summed E-state index contributed by atoms with van der Waals surface area (Å²) in [6.45, 7) is 2.45. The topological polar surface area (TPSA) is 75.7 Å². The number of ether oxygens (including phenoxy) is 1. The first-order valence-corrected chi connectivity index (χ1v) is 11.5. The summed E-state index contributed by atoms with van der Waals surface area (Å²) >= 11 is 0. The van der Waals surface area contributed by atoms with E-state index >= 15 is 0 Å². The van der Waals surface area contributed by atoms with Crippen LogP contribution in [0.1, 0.15) is 33.9 Å². The van der Waals surface area contributed by atoms with Crippen molar-refractivity contribution in [3.8, 4) is 5.75 Å². The average Bonchev–Trinajstić information content (AvgIpc) is 2.79. The molecule has 1 aliphatic rings. The van der Waals surface area contributed by atoms with Gasteiger partial charge in [-0.1, -0.05) is 35.9 Å². The summed E-state index contributed by atoms with van der Waals surface area (Å²) in [7, 11) is -2.18. The number of para-hydroxylation sites is 1. The number of hydrogen-bond acceptors (Lipinski definition) is 4. The number of amides is 1. The quantitative estimate of drug-likeness (QED) is 0.654. The number of benzene rings is 3. The maximum Gasteiger partial charge on any atom is 0.264 e. The Morgan fingerprint density at radius 3 is 2.39 bits per heavy atom. The van der Waals surface area contributed by atoms with E-state index in [1.807, 2.05) is 31.2 Å². The Kier molecular flexibility index (Phi) is 5.69. The van der Waals surface area contributed by atoms with Crippen molar-refractivity contribution in [1.29, 1.82) is 0 Å². The summed E-state index contributed by atoms with van der Waals surface area (Å²) in [4.78, 5) is 13.0. The molecule has 1 atom stereocenters. The van der Waals surface area contributed by atoms with Gasteiger partial charge in [0.1, 0.15) is 5.75 Å². The normalized spacial score (nSPS) is 15.5. The molecule has 1 heterocycles. The summed E-state index contributed by atoms with van der Waals surface area (Å²) in [5.74, 6) is 0.578. The lowest BCUT2D eigenvalue weighted by atomic mass is 10.00. The summed E-state index contributed by atoms with van der Waals surface area (Å²) in [6, 6.07) is 20.8. The van der Waals surface area contributed by atoms with Crippen LogP contribution in [0.15, 0.2) is 77.7 Å². The van der Waals surface area contributed by atoms with Gasteiger partial charge >= 0.3 is 0 Å². The number of fused-ring (bicyclic) bond motifs is 1. The Balaban J connectivity index is 1.49. The van der Waals surface area contributed by atoms with E-state index in [-0.39, 0.29) is 16.8 Å². The van der Waals surface area contributed by atoms with Gasteiger partial charge in [-0.25, -0.2) is 8.42 Å². The Morgan fingerprint density at radius 1 is 1.00 bits per heavy atom. The summed E-state index contributed by atoms with van der Waals surface area (Å²) in [6.07, 6.45) is 0.693. The molecule has 0 aliphatic carbocycles. The minimum Gasteiger partial charge on any atom is -0.493 e. The van der Waals surface area contributed by atoms with Crippen LogP contribution in [0.4, 0.5) is 5.69 Å². The van der Waals surface area contributed by atoms with Crippen molar-refractivity contribution in [1.82, 2.24) is 5.32 Å². The van der Waals surface area contributed by atoms with Gasteiger partial charge in [0.15, 0.2) is 0 Å². The fraction of sp³-hybridized carbons (Fsp3) is 0.208. The number of rotatable bonds is 5. The lowest BCUT2D eigenvalue weighted by molar-refractivity contribution is 0.0925. The van der Waals surface area contributed by atoms with Crippen molar-refractivity contribution in [2.24, 2.45) is 0 Å². The molecule has 31 heavy (non-hydrogen) atoms. The monoisotopic (exact) mass is 436 g/mol. The van der Waals surface area contributed by atoms with Crippen LogP contribution in [0.5, 0.6) is 5.75 Å². The predicted molar refractivity (Wildman–Crippen MR) is 120 cm³/mol. The van der Waals surface area contributed by atoms with Gasteiger partial charge in [0, 0.05) is 24.6 Å². The van der Waals surface area contributed by atoms with Crippen molar-refractivity contribution >= 4 is 21.6 Å². The summed E-state index contributed by atoms with van der Waals surface area (Å²) in [5.41, 5.74) is 2.90. The first-order valence-electron chi connectivity index (χ1n) is 10.0. The number of hydrogen-bond donors (Lipinski definition) is 1. The molecule has 0 saturated carbocycles. The van der Waals surface area contributed by atoms with Gasteiger partial charge in [0.25, 0.3) is 15.9 Å². The van der Waals surface area contributed by atoms with Gasteiger partial charge in [-0.15, -0.1) is 0 Å². The van der Waals surface area contributed by atoms with Gasteiger partial charge in [-0.3, -0.25) is 9.10 Å². The van der Waals surface area contributed by atoms with Crippen molar-refractivity contribution in [2.45, 2.75) is 24.3 Å². The van der Waals surface area contributed by atoms with Crippen LogP contribution < -0.4 is 14.4 Å². The SMILES string of the molecule is Cc1ccc(S(=O)(=O)N(C)c2ccc(C(=O)NC3CCOc4ccccc43)cc2)cc1. The number of carbonyl (C=O) groups is 1. The molecule has 0 saturated heterocycles. The van der Waals surface area contributed by atoms with Crippen LogP contribution in [-0.2, 0) is 10.0 Å². The Hall–Kier alpha value is -3.32. The molecule has 0 spiro atoms. The molecule has 0 aromatic heterocycles. The van der Waals surface area contributed by atoms with E-state index in [0.717, 1.165) is 16.9 Å². The van der Waals surface area contributed by atoms with E-state index in [1.165, 1.54) is 11.4 Å². The van der Waals surface area contributed by atoms with Crippen molar-refractivity contribution in [3.05, 3.63) is 89.5 Å². The molecule has 3 aromatic rings. The molecule has 1 N–H and O–H groups in total. The van der Waals surface area contributed by atoms with Crippen LogP contribution in [0.25, 0.3) is 0 Å². The largest absolute Gasteiger partial charge is 0.493 e. The molecule has 0 fully saturated rings. The molecule has 1 amide bonds. The van der Waals surface area contributed by atoms with Crippen molar-refractivity contribution in [3.63, 3.8) is 0 Å². The average molecular weight is 437 g/mol. The van der Waals surface area contributed by atoms with Crippen LogP contribution >= 0.6 is 0 Å². The van der Waals surface area contributed by atoms with Crippen LogP contribution in [-0.4, -0.2) is 28.0 Å². The molecule has 0 bridgehead atoms. The van der Waals surface area contributed by atoms with Crippen LogP contribution in [0.3, 0.4) is 0 Å². The standard InChI is InChI=1S/C24H24N2O4S/c1-17-7-13-20(14-8-17)31(28,29)26(2)19-11-9-18(10-12-19)24(27)25-22-15-16-30-23-6-4-3-5-21(22)23/h3-14,22H,15-16H2,1-2H3,(H,25,27). The van der Waals surface area contributed by atoms with E-state index in [2.05, 4.69) is 5.32 Å². The van der Waals surface area contributed by atoms with Crippen LogP contribution in [0.2, 0.25) is 0 Å². The number of nitrogens with one attached hydrogen (secondary N) is 1. The molecular formula is C24H24N2O4S. The summed E-state index contributed by atoms with van der Waals surface area (Å²) in [5, 5.41) is 3.05. The third-order valence-electron chi connectivity index (χ3n) is 5.44. The number of nitrogens with zero attached hydrogens (tertiary/aromatic N) is 1. The van der Waals surface area contributed by atoms with E-state index in [1.54, 1.807) is 48.5 Å². The minimum atomic E-state index is -3.68. The molecule has 7 heteroatoms. The highest BCUT2D eigenvalue weighted by Gasteiger charge is 2.24. The third kappa shape index (κ3) is 4.27. The zero-order valence-electron chi connectivity index (χ0n) is 17.4. The zero-order chi connectivity index (χ0) is 22.0. The number of anilines is 1. The van der Waals surface area contributed by atoms with Crippen LogP contribution in [0, 0.1) is 6.92 Å². The zero-order valence-corrected chi connectivity index (χ0v) is 18.2. The summed E-state index contributed by atoms with van der Waals surface area (Å²) < 4.78 is 32.6. The fourth-order valence-corrected chi connectivity index (χ4v) is 4.76. The Bertz CT molecular complexity index is 1190. The van der Waals surface area contributed by atoms with E-state index < -0.39 is 10.0 Å². The van der Waals surface area contributed by atoms with E-state index in [4.69, 9.17) is 4.74 Å². The number of sulfonamides is 1. The number of aryl methyl sites for hydroxylation is 1. The Labute approximate surface area is 182 Å². The molecule has 1 aliphatic heterocycles. The van der Waals surface area contributed by atoms with E-state index in [9.17, 15) is 13.2 Å². The lowest BCUT2D eigenvalue weighted by Gasteiger charge is -2.26. The molecule has 1 unspecified atom stereocenters. The third-order valence-corrected chi connectivity index (χ3v) is 7.24. The van der Waals surface area contributed by atoms with E-state index in [0.29, 0.717) is 24.3 Å². The molecule has 0 radical (unpaired) electrons. The second-order valence-electron chi connectivity index (χ2n) is 7.53. The molecule has 160 valence electrons. The minimum absolute atomic E-state index is 0.123. The van der Waals surface area contributed by atoms with Crippen molar-refractivity contribution < 1.29 is 17.9 Å². The first kappa shape index (κ1) is 20.9. The van der Waals surface area contributed by atoms with Gasteiger partial charge in [0.05, 0.1) is 23.2 Å². The second kappa shape index (κ2) is 8.43. The molecule has 4 rings (SSSR count). The highest BCUT2D eigenvalue weighted by molar-refractivity contribution is 7.92. The van der Waals surface area contributed by atoms with Gasteiger partial charge in [-0.2, -0.15) is 0 Å². The lowest BCUT2D eigenvalue weighted by Crippen LogP contribution is -2.32. The smallest absolute Gasteiger partial charge is 0.264 e. The fourth-order valence-electron chi connectivity index (χ4n) is 3.56. The van der Waals surface area contributed by atoms with Gasteiger partial charge < -0.3 is 10.1 Å². The maximum atomic E-state index is 12.9. The second-order valence-corrected chi connectivity index (χ2v) is 9.50. The molecule has 6 nitrogen and oxygen atoms in total. The Morgan fingerprint density at radius 2 is 1.68 bits per heavy atom.